The predicted molar refractivity (Wildman–Crippen MR) is 65.3 cm³/mol. The first kappa shape index (κ1) is 12.5. The summed E-state index contributed by atoms with van der Waals surface area (Å²) in [5, 5.41) is 3.33. The van der Waals surface area contributed by atoms with Crippen molar-refractivity contribution in [2.75, 3.05) is 13.1 Å². The second kappa shape index (κ2) is 5.13. The number of benzene rings is 1. The van der Waals surface area contributed by atoms with Crippen LogP contribution in [0.2, 0.25) is 0 Å². The van der Waals surface area contributed by atoms with Crippen molar-refractivity contribution < 1.29 is 8.78 Å². The zero-order chi connectivity index (χ0) is 12.3. The minimum atomic E-state index is -2.74. The van der Waals surface area contributed by atoms with E-state index in [1.807, 2.05) is 12.1 Å². The standard InChI is InChI=1S/C14H19F2N/c1-14(15,16)13-7-3-2-6-12(13)9-11-5-4-8-17-10-11/h2-3,6-7,11,17H,4-5,8-10H2,1H3. The Morgan fingerprint density at radius 2 is 2.12 bits per heavy atom. The third-order valence-electron chi connectivity index (χ3n) is 3.40. The van der Waals surface area contributed by atoms with E-state index in [0.29, 0.717) is 5.92 Å². The molecule has 94 valence electrons. The highest BCUT2D eigenvalue weighted by Gasteiger charge is 2.28. The summed E-state index contributed by atoms with van der Waals surface area (Å²) in [5.41, 5.74) is 0.985. The third-order valence-corrected chi connectivity index (χ3v) is 3.40. The van der Waals surface area contributed by atoms with Crippen LogP contribution in [0.5, 0.6) is 0 Å². The summed E-state index contributed by atoms with van der Waals surface area (Å²) in [7, 11) is 0. The summed E-state index contributed by atoms with van der Waals surface area (Å²) in [6.07, 6.45) is 3.04. The lowest BCUT2D eigenvalue weighted by Gasteiger charge is -2.24. The van der Waals surface area contributed by atoms with E-state index in [2.05, 4.69) is 5.32 Å². The van der Waals surface area contributed by atoms with Gasteiger partial charge in [-0.1, -0.05) is 24.3 Å². The van der Waals surface area contributed by atoms with Crippen LogP contribution in [0.1, 0.15) is 30.9 Å². The smallest absolute Gasteiger partial charge is 0.270 e. The number of halogens is 2. The van der Waals surface area contributed by atoms with Crippen LogP contribution >= 0.6 is 0 Å². The number of rotatable bonds is 3. The first-order chi connectivity index (χ1) is 8.07. The van der Waals surface area contributed by atoms with Crippen LogP contribution in [0.25, 0.3) is 0 Å². The normalized spacial score (nSPS) is 21.5. The van der Waals surface area contributed by atoms with E-state index >= 15 is 0 Å². The molecule has 1 fully saturated rings. The molecule has 1 saturated heterocycles. The monoisotopic (exact) mass is 239 g/mol. The third kappa shape index (κ3) is 3.25. The van der Waals surface area contributed by atoms with Gasteiger partial charge in [-0.05, 0) is 43.8 Å². The van der Waals surface area contributed by atoms with E-state index in [1.165, 1.54) is 0 Å². The van der Waals surface area contributed by atoms with Gasteiger partial charge in [0.05, 0.1) is 0 Å². The highest BCUT2D eigenvalue weighted by Crippen LogP contribution is 2.31. The minimum absolute atomic E-state index is 0.186. The van der Waals surface area contributed by atoms with E-state index in [0.717, 1.165) is 44.8 Å². The second-order valence-corrected chi connectivity index (χ2v) is 4.96. The summed E-state index contributed by atoms with van der Waals surface area (Å²) in [5.74, 6) is -2.24. The molecule has 17 heavy (non-hydrogen) atoms. The van der Waals surface area contributed by atoms with E-state index in [1.54, 1.807) is 12.1 Å². The highest BCUT2D eigenvalue weighted by molar-refractivity contribution is 5.31. The van der Waals surface area contributed by atoms with Crippen molar-refractivity contribution in [1.82, 2.24) is 5.32 Å². The Morgan fingerprint density at radius 3 is 2.76 bits per heavy atom. The van der Waals surface area contributed by atoms with Gasteiger partial charge < -0.3 is 5.32 Å². The van der Waals surface area contributed by atoms with Gasteiger partial charge in [0.25, 0.3) is 5.92 Å². The molecular formula is C14H19F2N. The molecule has 0 aliphatic carbocycles. The molecule has 1 aliphatic heterocycles. The molecule has 0 aromatic heterocycles. The summed E-state index contributed by atoms with van der Waals surface area (Å²) >= 11 is 0. The van der Waals surface area contributed by atoms with Gasteiger partial charge in [-0.25, -0.2) is 8.78 Å². The summed E-state index contributed by atoms with van der Waals surface area (Å²) in [6.45, 7) is 2.98. The average Bonchev–Trinajstić information content (AvgIpc) is 2.30. The van der Waals surface area contributed by atoms with Crippen LogP contribution in [-0.2, 0) is 12.3 Å². The first-order valence-corrected chi connectivity index (χ1v) is 6.24. The lowest BCUT2D eigenvalue weighted by molar-refractivity contribution is 0.0163. The first-order valence-electron chi connectivity index (χ1n) is 6.24. The molecule has 0 radical (unpaired) electrons. The van der Waals surface area contributed by atoms with Crippen molar-refractivity contribution in [2.45, 2.75) is 32.1 Å². The van der Waals surface area contributed by atoms with Gasteiger partial charge in [0.2, 0.25) is 0 Å². The molecule has 0 amide bonds. The Bertz CT molecular complexity index is 365. The zero-order valence-corrected chi connectivity index (χ0v) is 10.2. The molecule has 1 atom stereocenters. The van der Waals surface area contributed by atoms with Gasteiger partial charge in [0.15, 0.2) is 0 Å². The topological polar surface area (TPSA) is 12.0 Å². The molecule has 2 rings (SSSR count). The molecule has 1 N–H and O–H groups in total. The number of nitrogens with one attached hydrogen (secondary N) is 1. The molecule has 0 saturated carbocycles. The van der Waals surface area contributed by atoms with Gasteiger partial charge in [-0.15, -0.1) is 0 Å². The van der Waals surface area contributed by atoms with E-state index < -0.39 is 5.92 Å². The van der Waals surface area contributed by atoms with Crippen molar-refractivity contribution in [3.63, 3.8) is 0 Å². The van der Waals surface area contributed by atoms with Crippen molar-refractivity contribution >= 4 is 0 Å². The van der Waals surface area contributed by atoms with E-state index in [9.17, 15) is 8.78 Å². The van der Waals surface area contributed by atoms with Gasteiger partial charge in [0.1, 0.15) is 0 Å². The van der Waals surface area contributed by atoms with Gasteiger partial charge in [-0.3, -0.25) is 0 Å². The Labute approximate surface area is 101 Å². The lowest BCUT2D eigenvalue weighted by Crippen LogP contribution is -2.31. The van der Waals surface area contributed by atoms with Crippen LogP contribution in [0.3, 0.4) is 0 Å². The molecule has 1 aromatic rings. The van der Waals surface area contributed by atoms with Crippen molar-refractivity contribution in [3.05, 3.63) is 35.4 Å². The second-order valence-electron chi connectivity index (χ2n) is 4.96. The van der Waals surface area contributed by atoms with Crippen LogP contribution < -0.4 is 5.32 Å². The van der Waals surface area contributed by atoms with Crippen LogP contribution in [0, 0.1) is 5.92 Å². The SMILES string of the molecule is CC(F)(F)c1ccccc1CC1CCCNC1. The largest absolute Gasteiger partial charge is 0.316 e. The molecule has 3 heteroatoms. The maximum atomic E-state index is 13.5. The fourth-order valence-electron chi connectivity index (χ4n) is 2.54. The number of hydrogen-bond acceptors (Lipinski definition) is 1. The molecule has 1 unspecified atom stereocenters. The number of piperidine rings is 1. The predicted octanol–water partition coefficient (Wildman–Crippen LogP) is 3.34. The summed E-state index contributed by atoms with van der Waals surface area (Å²) in [4.78, 5) is 0. The molecule has 1 aromatic carbocycles. The number of alkyl halides is 2. The highest BCUT2D eigenvalue weighted by atomic mass is 19.3. The van der Waals surface area contributed by atoms with Crippen molar-refractivity contribution in [1.29, 1.82) is 0 Å². The zero-order valence-electron chi connectivity index (χ0n) is 10.2. The average molecular weight is 239 g/mol. The molecule has 1 aliphatic rings. The molecule has 1 heterocycles. The van der Waals surface area contributed by atoms with Crippen LogP contribution in [0.4, 0.5) is 8.78 Å². The Hall–Kier alpha value is -0.960. The maximum Gasteiger partial charge on any atom is 0.270 e. The van der Waals surface area contributed by atoms with E-state index in [-0.39, 0.29) is 5.56 Å². The van der Waals surface area contributed by atoms with Gasteiger partial charge >= 0.3 is 0 Å². The van der Waals surface area contributed by atoms with E-state index in [4.69, 9.17) is 0 Å². The lowest BCUT2D eigenvalue weighted by atomic mass is 9.89. The quantitative estimate of drug-likeness (QED) is 0.853. The van der Waals surface area contributed by atoms with Gasteiger partial charge in [-0.2, -0.15) is 0 Å². The molecule has 1 nitrogen and oxygen atoms in total. The van der Waals surface area contributed by atoms with Gasteiger partial charge in [0, 0.05) is 12.5 Å². The van der Waals surface area contributed by atoms with Crippen LogP contribution in [-0.4, -0.2) is 13.1 Å². The minimum Gasteiger partial charge on any atom is -0.316 e. The molecule has 0 bridgehead atoms. The molecular weight excluding hydrogens is 220 g/mol. The Kier molecular flexibility index (Phi) is 3.77. The maximum absolute atomic E-state index is 13.5. The fourth-order valence-corrected chi connectivity index (χ4v) is 2.54. The van der Waals surface area contributed by atoms with Crippen molar-refractivity contribution in [3.8, 4) is 0 Å². The summed E-state index contributed by atoms with van der Waals surface area (Å²) in [6, 6.07) is 6.92. The fraction of sp³-hybridized carbons (Fsp3) is 0.571. The Morgan fingerprint density at radius 1 is 1.35 bits per heavy atom. The van der Waals surface area contributed by atoms with Crippen molar-refractivity contribution in [2.24, 2.45) is 5.92 Å². The molecule has 0 spiro atoms. The Balaban J connectivity index is 2.14. The number of hydrogen-bond donors (Lipinski definition) is 1. The van der Waals surface area contributed by atoms with Crippen LogP contribution in [0.15, 0.2) is 24.3 Å². The summed E-state index contributed by atoms with van der Waals surface area (Å²) < 4.78 is 26.9.